The average Bonchev–Trinajstić information content (AvgIpc) is 2.11. The van der Waals surface area contributed by atoms with Crippen LogP contribution in [-0.4, -0.2) is 13.5 Å². The zero-order chi connectivity index (χ0) is 10.7. The largest absolute Gasteiger partial charge is 0.308 e. The van der Waals surface area contributed by atoms with Crippen LogP contribution in [0.2, 0.25) is 0 Å². The van der Waals surface area contributed by atoms with Gasteiger partial charge in [-0.25, -0.2) is 13.2 Å². The Morgan fingerprint density at radius 2 is 1.93 bits per heavy atom. The quantitative estimate of drug-likeness (QED) is 0.796. The summed E-state index contributed by atoms with van der Waals surface area (Å²) in [6.07, 6.45) is -2.54. The first-order valence-electron chi connectivity index (χ1n) is 4.27. The maximum Gasteiger partial charge on any atom is 0.257 e. The van der Waals surface area contributed by atoms with Crippen molar-refractivity contribution in [3.8, 4) is 0 Å². The van der Waals surface area contributed by atoms with Crippen molar-refractivity contribution in [1.82, 2.24) is 5.32 Å². The molecule has 4 heteroatoms. The van der Waals surface area contributed by atoms with Crippen molar-refractivity contribution in [2.45, 2.75) is 19.4 Å². The number of hydrogen-bond donors (Lipinski definition) is 1. The molecule has 0 aliphatic heterocycles. The van der Waals surface area contributed by atoms with Gasteiger partial charge in [0.05, 0.1) is 6.04 Å². The number of benzene rings is 1. The van der Waals surface area contributed by atoms with Crippen LogP contribution in [0, 0.1) is 12.7 Å². The molecule has 1 unspecified atom stereocenters. The van der Waals surface area contributed by atoms with Crippen molar-refractivity contribution in [2.24, 2.45) is 0 Å². The molecule has 0 aliphatic carbocycles. The van der Waals surface area contributed by atoms with E-state index in [0.29, 0.717) is 11.1 Å². The fourth-order valence-electron chi connectivity index (χ4n) is 1.36. The van der Waals surface area contributed by atoms with Gasteiger partial charge in [0.25, 0.3) is 6.43 Å². The molecule has 1 N–H and O–H groups in total. The van der Waals surface area contributed by atoms with E-state index >= 15 is 0 Å². The molecule has 1 nitrogen and oxygen atoms in total. The summed E-state index contributed by atoms with van der Waals surface area (Å²) in [5.74, 6) is -0.494. The highest BCUT2D eigenvalue weighted by Crippen LogP contribution is 2.23. The number of alkyl halides is 2. The number of aryl methyl sites for hydroxylation is 1. The van der Waals surface area contributed by atoms with E-state index in [0.717, 1.165) is 6.07 Å². The van der Waals surface area contributed by atoms with Crippen molar-refractivity contribution >= 4 is 0 Å². The van der Waals surface area contributed by atoms with Crippen molar-refractivity contribution in [3.05, 3.63) is 35.1 Å². The molecule has 78 valence electrons. The Balaban J connectivity index is 3.08. The molecule has 0 aromatic heterocycles. The lowest BCUT2D eigenvalue weighted by Crippen LogP contribution is -2.24. The molecule has 0 bridgehead atoms. The third-order valence-corrected chi connectivity index (χ3v) is 2.14. The summed E-state index contributed by atoms with van der Waals surface area (Å²) in [7, 11) is 1.43. The van der Waals surface area contributed by atoms with E-state index in [4.69, 9.17) is 0 Å². The number of nitrogens with one attached hydrogen (secondary N) is 1. The fraction of sp³-hybridized carbons (Fsp3) is 0.400. The van der Waals surface area contributed by atoms with Gasteiger partial charge in [-0.2, -0.15) is 0 Å². The Labute approximate surface area is 80.9 Å². The number of halogens is 3. The van der Waals surface area contributed by atoms with Crippen LogP contribution in [0.4, 0.5) is 13.2 Å². The van der Waals surface area contributed by atoms with Gasteiger partial charge in [-0.1, -0.05) is 6.07 Å². The molecule has 1 aromatic rings. The molecule has 0 heterocycles. The van der Waals surface area contributed by atoms with E-state index in [1.165, 1.54) is 19.2 Å². The van der Waals surface area contributed by atoms with Gasteiger partial charge in [0.2, 0.25) is 0 Å². The normalized spacial score (nSPS) is 13.3. The van der Waals surface area contributed by atoms with Crippen LogP contribution < -0.4 is 5.32 Å². The first-order valence-corrected chi connectivity index (χ1v) is 4.27. The lowest BCUT2D eigenvalue weighted by molar-refractivity contribution is 0.102. The van der Waals surface area contributed by atoms with Crippen LogP contribution in [0.5, 0.6) is 0 Å². The van der Waals surface area contributed by atoms with Crippen LogP contribution in [0.15, 0.2) is 18.2 Å². The van der Waals surface area contributed by atoms with E-state index in [-0.39, 0.29) is 0 Å². The van der Waals surface area contributed by atoms with Crippen LogP contribution in [0.3, 0.4) is 0 Å². The molecule has 0 amide bonds. The van der Waals surface area contributed by atoms with Gasteiger partial charge in [-0.15, -0.1) is 0 Å². The van der Waals surface area contributed by atoms with E-state index < -0.39 is 18.3 Å². The lowest BCUT2D eigenvalue weighted by Gasteiger charge is -2.17. The molecule has 0 aliphatic rings. The topological polar surface area (TPSA) is 12.0 Å². The van der Waals surface area contributed by atoms with Gasteiger partial charge in [-0.3, -0.25) is 0 Å². The molecule has 0 spiro atoms. The molecule has 0 saturated carbocycles. The smallest absolute Gasteiger partial charge is 0.257 e. The van der Waals surface area contributed by atoms with E-state index in [1.807, 2.05) is 0 Å². The molecule has 0 fully saturated rings. The van der Waals surface area contributed by atoms with Gasteiger partial charge in [-0.05, 0) is 37.2 Å². The van der Waals surface area contributed by atoms with Crippen molar-refractivity contribution in [3.63, 3.8) is 0 Å². The van der Waals surface area contributed by atoms with Gasteiger partial charge < -0.3 is 5.32 Å². The Morgan fingerprint density at radius 1 is 1.29 bits per heavy atom. The molecule has 0 saturated heterocycles. The highest BCUT2D eigenvalue weighted by Gasteiger charge is 2.22. The second-order valence-corrected chi connectivity index (χ2v) is 3.10. The van der Waals surface area contributed by atoms with Crippen molar-refractivity contribution in [1.29, 1.82) is 0 Å². The summed E-state index contributed by atoms with van der Waals surface area (Å²) < 4.78 is 37.9. The predicted molar refractivity (Wildman–Crippen MR) is 48.9 cm³/mol. The summed E-state index contributed by atoms with van der Waals surface area (Å²) in [6, 6.07) is 2.79. The maximum atomic E-state index is 12.8. The Morgan fingerprint density at radius 3 is 2.43 bits per heavy atom. The molecular weight excluding hydrogens is 191 g/mol. The summed E-state index contributed by atoms with van der Waals surface area (Å²) in [5.41, 5.74) is 0.966. The highest BCUT2D eigenvalue weighted by molar-refractivity contribution is 5.29. The van der Waals surface area contributed by atoms with Gasteiger partial charge >= 0.3 is 0 Å². The zero-order valence-electron chi connectivity index (χ0n) is 8.02. The molecule has 1 atom stereocenters. The van der Waals surface area contributed by atoms with Crippen LogP contribution in [0.25, 0.3) is 0 Å². The highest BCUT2D eigenvalue weighted by atomic mass is 19.3. The Bertz CT molecular complexity index is 312. The van der Waals surface area contributed by atoms with E-state index in [2.05, 4.69) is 5.32 Å². The summed E-state index contributed by atoms with van der Waals surface area (Å²) in [4.78, 5) is 0. The fourth-order valence-corrected chi connectivity index (χ4v) is 1.36. The van der Waals surface area contributed by atoms with Gasteiger partial charge in [0.1, 0.15) is 5.82 Å². The van der Waals surface area contributed by atoms with E-state index in [1.54, 1.807) is 6.92 Å². The number of rotatable bonds is 3. The first-order chi connectivity index (χ1) is 6.56. The van der Waals surface area contributed by atoms with Crippen LogP contribution in [-0.2, 0) is 0 Å². The number of hydrogen-bond acceptors (Lipinski definition) is 1. The molecule has 1 aromatic carbocycles. The Kier molecular flexibility index (Phi) is 3.52. The van der Waals surface area contributed by atoms with Crippen molar-refractivity contribution in [2.75, 3.05) is 7.05 Å². The minimum absolute atomic E-state index is 0.308. The van der Waals surface area contributed by atoms with Crippen LogP contribution in [0.1, 0.15) is 17.2 Å². The summed E-state index contributed by atoms with van der Waals surface area (Å²) >= 11 is 0. The Hall–Kier alpha value is -1.03. The maximum absolute atomic E-state index is 12.8. The third-order valence-electron chi connectivity index (χ3n) is 2.14. The minimum atomic E-state index is -2.54. The standard InChI is InChI=1S/C10H12F3N/c1-6-3-4-7(11)5-8(6)9(14-2)10(12)13/h3-5,9-10,14H,1-2H3. The second-order valence-electron chi connectivity index (χ2n) is 3.10. The predicted octanol–water partition coefficient (Wildman–Crippen LogP) is 2.66. The summed E-state index contributed by atoms with van der Waals surface area (Å²) in [5, 5.41) is 2.47. The lowest BCUT2D eigenvalue weighted by atomic mass is 10.0. The van der Waals surface area contributed by atoms with Crippen molar-refractivity contribution < 1.29 is 13.2 Å². The molecule has 0 radical (unpaired) electrons. The molecule has 14 heavy (non-hydrogen) atoms. The zero-order valence-corrected chi connectivity index (χ0v) is 8.02. The first kappa shape index (κ1) is 11.0. The average molecular weight is 203 g/mol. The van der Waals surface area contributed by atoms with Gasteiger partial charge in [0, 0.05) is 0 Å². The third kappa shape index (κ3) is 2.26. The summed E-state index contributed by atoms with van der Waals surface area (Å²) in [6.45, 7) is 1.68. The molecule has 1 rings (SSSR count). The monoisotopic (exact) mass is 203 g/mol. The second kappa shape index (κ2) is 4.46. The molecular formula is C10H12F3N. The van der Waals surface area contributed by atoms with Gasteiger partial charge in [0.15, 0.2) is 0 Å². The van der Waals surface area contributed by atoms with Crippen LogP contribution >= 0.6 is 0 Å². The SMILES string of the molecule is CNC(c1cc(F)ccc1C)C(F)F. The minimum Gasteiger partial charge on any atom is -0.308 e. The van der Waals surface area contributed by atoms with E-state index in [9.17, 15) is 13.2 Å².